The molecule has 5 heteroatoms. The highest BCUT2D eigenvalue weighted by Crippen LogP contribution is 2.30. The molecule has 0 N–H and O–H groups in total. The minimum absolute atomic E-state index is 0.325. The van der Waals surface area contributed by atoms with Crippen LogP contribution in [0.2, 0.25) is 5.15 Å². The number of hydrogen-bond acceptors (Lipinski definition) is 4. The molecular weight excluding hydrogens is 284 g/mol. The van der Waals surface area contributed by atoms with Gasteiger partial charge in [-0.1, -0.05) is 39.3 Å². The number of halogens is 1. The van der Waals surface area contributed by atoms with E-state index in [1.165, 1.54) is 0 Å². The van der Waals surface area contributed by atoms with Crippen LogP contribution in [-0.4, -0.2) is 47.6 Å². The van der Waals surface area contributed by atoms with Gasteiger partial charge in [0.05, 0.1) is 0 Å². The van der Waals surface area contributed by atoms with Crippen molar-refractivity contribution < 1.29 is 0 Å². The number of anilines is 1. The van der Waals surface area contributed by atoms with Gasteiger partial charge in [-0.3, -0.25) is 0 Å². The Labute approximate surface area is 134 Å². The quantitative estimate of drug-likeness (QED) is 0.649. The van der Waals surface area contributed by atoms with Gasteiger partial charge in [-0.05, 0) is 38.9 Å². The van der Waals surface area contributed by atoms with Crippen LogP contribution in [0.4, 0.5) is 5.82 Å². The number of hydrogen-bond donors (Lipinski definition) is 0. The van der Waals surface area contributed by atoms with E-state index < -0.39 is 0 Å². The van der Waals surface area contributed by atoms with Crippen molar-refractivity contribution in [3.05, 3.63) is 17.0 Å². The Kier molecular flexibility index (Phi) is 7.97. The van der Waals surface area contributed by atoms with Crippen LogP contribution in [0.1, 0.15) is 52.5 Å². The largest absolute Gasteiger partial charge is 0.356 e. The van der Waals surface area contributed by atoms with Crippen LogP contribution in [0, 0.1) is 0 Å². The van der Waals surface area contributed by atoms with Crippen LogP contribution in [0.15, 0.2) is 6.33 Å². The smallest absolute Gasteiger partial charge is 0.138 e. The van der Waals surface area contributed by atoms with Gasteiger partial charge >= 0.3 is 0 Å². The lowest BCUT2D eigenvalue weighted by atomic mass is 10.1. The second-order valence-corrected chi connectivity index (χ2v) is 5.87. The molecule has 0 atom stereocenters. The predicted molar refractivity (Wildman–Crippen MR) is 91.4 cm³/mol. The van der Waals surface area contributed by atoms with Gasteiger partial charge in [0.25, 0.3) is 0 Å². The van der Waals surface area contributed by atoms with Crippen LogP contribution in [0.3, 0.4) is 0 Å². The maximum absolute atomic E-state index is 6.27. The fourth-order valence-corrected chi connectivity index (χ4v) is 2.90. The average molecular weight is 313 g/mol. The summed E-state index contributed by atoms with van der Waals surface area (Å²) in [4.78, 5) is 13.4. The minimum atomic E-state index is 0.325. The van der Waals surface area contributed by atoms with E-state index in [-0.39, 0.29) is 0 Å². The standard InChI is InChI=1S/C16H29ClN4/c1-6-20(7-2)10-9-11-21(8-3)16-14(13(4)5)15(17)18-12-19-16/h12-13H,6-11H2,1-5H3. The molecule has 0 radical (unpaired) electrons. The molecule has 1 heterocycles. The molecule has 1 aromatic rings. The van der Waals surface area contributed by atoms with Gasteiger partial charge in [-0.15, -0.1) is 0 Å². The third kappa shape index (κ3) is 5.11. The maximum Gasteiger partial charge on any atom is 0.138 e. The summed E-state index contributed by atoms with van der Waals surface area (Å²) >= 11 is 6.27. The van der Waals surface area contributed by atoms with Crippen molar-refractivity contribution in [2.45, 2.75) is 47.0 Å². The van der Waals surface area contributed by atoms with Gasteiger partial charge in [0.1, 0.15) is 17.3 Å². The first-order valence-corrected chi connectivity index (χ1v) is 8.40. The summed E-state index contributed by atoms with van der Waals surface area (Å²) in [6, 6.07) is 0. The van der Waals surface area contributed by atoms with Crippen LogP contribution in [0.5, 0.6) is 0 Å². The number of rotatable bonds is 9. The second-order valence-electron chi connectivity index (χ2n) is 5.52. The molecule has 4 nitrogen and oxygen atoms in total. The Balaban J connectivity index is 2.79. The molecule has 0 unspecified atom stereocenters. The fraction of sp³-hybridized carbons (Fsp3) is 0.750. The maximum atomic E-state index is 6.27. The van der Waals surface area contributed by atoms with Gasteiger partial charge in [-0.25, -0.2) is 9.97 Å². The van der Waals surface area contributed by atoms with E-state index in [0.717, 1.165) is 50.5 Å². The summed E-state index contributed by atoms with van der Waals surface area (Å²) < 4.78 is 0. The summed E-state index contributed by atoms with van der Waals surface area (Å²) in [5, 5.41) is 0.581. The Morgan fingerprint density at radius 3 is 2.24 bits per heavy atom. The number of aromatic nitrogens is 2. The second kappa shape index (κ2) is 9.21. The molecule has 0 bridgehead atoms. The molecule has 21 heavy (non-hydrogen) atoms. The Morgan fingerprint density at radius 1 is 1.05 bits per heavy atom. The van der Waals surface area contributed by atoms with Crippen LogP contribution in [-0.2, 0) is 0 Å². The molecule has 0 saturated carbocycles. The van der Waals surface area contributed by atoms with Gasteiger partial charge < -0.3 is 9.80 Å². The molecule has 0 aromatic carbocycles. The number of nitrogens with zero attached hydrogens (tertiary/aromatic N) is 4. The van der Waals surface area contributed by atoms with Crippen molar-refractivity contribution in [1.82, 2.24) is 14.9 Å². The summed E-state index contributed by atoms with van der Waals surface area (Å²) in [5.74, 6) is 1.32. The highest BCUT2D eigenvalue weighted by atomic mass is 35.5. The minimum Gasteiger partial charge on any atom is -0.356 e. The Morgan fingerprint density at radius 2 is 1.71 bits per heavy atom. The van der Waals surface area contributed by atoms with Crippen LogP contribution in [0.25, 0.3) is 0 Å². The molecule has 0 fully saturated rings. The summed E-state index contributed by atoms with van der Waals surface area (Å²) in [6.45, 7) is 16.1. The summed E-state index contributed by atoms with van der Waals surface area (Å²) in [6.07, 6.45) is 2.70. The van der Waals surface area contributed by atoms with Crippen molar-refractivity contribution in [2.75, 3.05) is 37.6 Å². The van der Waals surface area contributed by atoms with Crippen molar-refractivity contribution in [2.24, 2.45) is 0 Å². The molecular formula is C16H29ClN4. The monoisotopic (exact) mass is 312 g/mol. The van der Waals surface area contributed by atoms with Gasteiger partial charge in [0.15, 0.2) is 0 Å². The van der Waals surface area contributed by atoms with E-state index >= 15 is 0 Å². The average Bonchev–Trinajstić information content (AvgIpc) is 2.47. The lowest BCUT2D eigenvalue weighted by Crippen LogP contribution is -2.31. The molecule has 0 aliphatic heterocycles. The van der Waals surface area contributed by atoms with Crippen molar-refractivity contribution >= 4 is 17.4 Å². The highest BCUT2D eigenvalue weighted by Gasteiger charge is 2.18. The Hall–Kier alpha value is -0.870. The molecule has 0 aliphatic carbocycles. The van der Waals surface area contributed by atoms with Crippen molar-refractivity contribution in [3.63, 3.8) is 0 Å². The van der Waals surface area contributed by atoms with E-state index in [2.05, 4.69) is 54.4 Å². The van der Waals surface area contributed by atoms with Gasteiger partial charge in [0.2, 0.25) is 0 Å². The fourth-order valence-electron chi connectivity index (χ4n) is 2.55. The SMILES string of the molecule is CCN(CC)CCCN(CC)c1ncnc(Cl)c1C(C)C. The third-order valence-electron chi connectivity index (χ3n) is 3.87. The molecule has 0 spiro atoms. The first kappa shape index (κ1) is 18.2. The van der Waals surface area contributed by atoms with E-state index in [4.69, 9.17) is 11.6 Å². The highest BCUT2D eigenvalue weighted by molar-refractivity contribution is 6.30. The van der Waals surface area contributed by atoms with E-state index in [1.807, 2.05) is 0 Å². The zero-order valence-corrected chi connectivity index (χ0v) is 14.8. The van der Waals surface area contributed by atoms with E-state index in [9.17, 15) is 0 Å². The lowest BCUT2D eigenvalue weighted by molar-refractivity contribution is 0.300. The van der Waals surface area contributed by atoms with Gasteiger partial charge in [-0.2, -0.15) is 0 Å². The molecule has 0 aliphatic rings. The topological polar surface area (TPSA) is 32.3 Å². The van der Waals surface area contributed by atoms with Gasteiger partial charge in [0, 0.05) is 18.7 Å². The lowest BCUT2D eigenvalue weighted by Gasteiger charge is -2.27. The van der Waals surface area contributed by atoms with Crippen LogP contribution < -0.4 is 4.90 Å². The molecule has 120 valence electrons. The van der Waals surface area contributed by atoms with E-state index in [1.54, 1.807) is 6.33 Å². The van der Waals surface area contributed by atoms with E-state index in [0.29, 0.717) is 11.1 Å². The molecule has 0 amide bonds. The normalized spacial score (nSPS) is 11.4. The van der Waals surface area contributed by atoms with Crippen molar-refractivity contribution in [1.29, 1.82) is 0 Å². The zero-order chi connectivity index (χ0) is 15.8. The Bertz CT molecular complexity index is 419. The molecule has 1 rings (SSSR count). The first-order chi connectivity index (χ1) is 10.0. The molecule has 1 aromatic heterocycles. The molecule has 0 saturated heterocycles. The summed E-state index contributed by atoms with van der Waals surface area (Å²) in [5.41, 5.74) is 1.06. The van der Waals surface area contributed by atoms with Crippen LogP contribution >= 0.6 is 11.6 Å². The summed E-state index contributed by atoms with van der Waals surface area (Å²) in [7, 11) is 0. The first-order valence-electron chi connectivity index (χ1n) is 8.02. The van der Waals surface area contributed by atoms with Crippen molar-refractivity contribution in [3.8, 4) is 0 Å². The zero-order valence-electron chi connectivity index (χ0n) is 14.1. The third-order valence-corrected chi connectivity index (χ3v) is 4.17. The predicted octanol–water partition coefficient (Wildman–Crippen LogP) is 3.81.